The zero-order valence-corrected chi connectivity index (χ0v) is 10.6. The number of hydrogen-bond donors (Lipinski definition) is 2. The molecule has 0 aliphatic rings. The van der Waals surface area contributed by atoms with Gasteiger partial charge in [0, 0.05) is 6.08 Å². The number of rotatable bonds is 6. The number of aliphatic carboxylic acids is 1. The summed E-state index contributed by atoms with van der Waals surface area (Å²) in [6.07, 6.45) is 1.80. The highest BCUT2D eigenvalue weighted by atomic mass is 19.1. The largest absolute Gasteiger partial charge is 0.487 e. The normalized spacial score (nSPS) is 12.3. The zero-order chi connectivity index (χ0) is 15.3. The molecule has 20 heavy (non-hydrogen) atoms. The fourth-order valence-corrected chi connectivity index (χ4v) is 1.27. The van der Waals surface area contributed by atoms with E-state index in [-0.39, 0.29) is 12.2 Å². The topological polar surface area (TPSA) is 89.6 Å². The van der Waals surface area contributed by atoms with Crippen LogP contribution in [0.5, 0.6) is 5.75 Å². The lowest BCUT2D eigenvalue weighted by Crippen LogP contribution is -2.26. The lowest BCUT2D eigenvalue weighted by atomic mass is 10.1. The highest BCUT2D eigenvalue weighted by Gasteiger charge is 2.15. The molecule has 108 valence electrons. The number of carboxylic acids is 1. The smallest absolute Gasteiger partial charge is 0.328 e. The van der Waals surface area contributed by atoms with Crippen molar-refractivity contribution in [2.24, 2.45) is 11.7 Å². The maximum absolute atomic E-state index is 13.6. The van der Waals surface area contributed by atoms with Crippen LogP contribution in [0.3, 0.4) is 0 Å². The van der Waals surface area contributed by atoms with Crippen molar-refractivity contribution in [2.45, 2.75) is 6.92 Å². The SMILES string of the molecule is CC(COc1c(F)cc(C=CC(=O)O)cc1F)C(N)=O. The minimum absolute atomic E-state index is 0.0395. The molecule has 1 aromatic rings. The van der Waals surface area contributed by atoms with Gasteiger partial charge in [-0.15, -0.1) is 0 Å². The fraction of sp³-hybridized carbons (Fsp3) is 0.231. The van der Waals surface area contributed by atoms with Gasteiger partial charge in [0.25, 0.3) is 0 Å². The molecule has 0 bridgehead atoms. The molecule has 1 unspecified atom stereocenters. The Labute approximate surface area is 113 Å². The number of ether oxygens (including phenoxy) is 1. The number of carbonyl (C=O) groups is 2. The Hall–Kier alpha value is -2.44. The molecule has 1 aromatic carbocycles. The van der Waals surface area contributed by atoms with Crippen LogP contribution < -0.4 is 10.5 Å². The summed E-state index contributed by atoms with van der Waals surface area (Å²) < 4.78 is 32.1. The number of carboxylic acid groups (broad SMARTS) is 1. The van der Waals surface area contributed by atoms with Gasteiger partial charge in [-0.2, -0.15) is 0 Å². The first-order valence-electron chi connectivity index (χ1n) is 5.63. The molecule has 0 fully saturated rings. The second kappa shape index (κ2) is 6.65. The maximum atomic E-state index is 13.6. The Morgan fingerprint density at radius 3 is 2.40 bits per heavy atom. The lowest BCUT2D eigenvalue weighted by molar-refractivity contribution is -0.131. The Morgan fingerprint density at radius 1 is 1.40 bits per heavy atom. The van der Waals surface area contributed by atoms with Crippen molar-refractivity contribution in [3.63, 3.8) is 0 Å². The van der Waals surface area contributed by atoms with Gasteiger partial charge in [-0.1, -0.05) is 6.92 Å². The maximum Gasteiger partial charge on any atom is 0.328 e. The van der Waals surface area contributed by atoms with Gasteiger partial charge in [0.1, 0.15) is 0 Å². The van der Waals surface area contributed by atoms with Crippen molar-refractivity contribution in [3.05, 3.63) is 35.4 Å². The van der Waals surface area contributed by atoms with Gasteiger partial charge in [0.2, 0.25) is 5.91 Å². The number of halogens is 2. The summed E-state index contributed by atoms with van der Waals surface area (Å²) in [4.78, 5) is 21.1. The van der Waals surface area contributed by atoms with Gasteiger partial charge in [-0.3, -0.25) is 4.79 Å². The Balaban J connectivity index is 2.89. The second-order valence-electron chi connectivity index (χ2n) is 4.10. The van der Waals surface area contributed by atoms with E-state index in [1.165, 1.54) is 6.92 Å². The minimum Gasteiger partial charge on any atom is -0.487 e. The number of primary amides is 1. The van der Waals surface area contributed by atoms with Crippen molar-refractivity contribution in [3.8, 4) is 5.75 Å². The summed E-state index contributed by atoms with van der Waals surface area (Å²) in [6, 6.07) is 1.85. The molecule has 5 nitrogen and oxygen atoms in total. The average molecular weight is 285 g/mol. The van der Waals surface area contributed by atoms with Crippen molar-refractivity contribution in [2.75, 3.05) is 6.61 Å². The van der Waals surface area contributed by atoms with Crippen LogP contribution in [-0.2, 0) is 9.59 Å². The first kappa shape index (κ1) is 15.6. The van der Waals surface area contributed by atoms with Crippen LogP contribution in [0.15, 0.2) is 18.2 Å². The van der Waals surface area contributed by atoms with E-state index >= 15 is 0 Å². The third kappa shape index (κ3) is 4.34. The van der Waals surface area contributed by atoms with Crippen molar-refractivity contribution in [1.82, 2.24) is 0 Å². The minimum atomic E-state index is -1.23. The first-order chi connectivity index (χ1) is 9.31. The van der Waals surface area contributed by atoms with Crippen molar-refractivity contribution < 1.29 is 28.2 Å². The van der Waals surface area contributed by atoms with E-state index in [4.69, 9.17) is 15.6 Å². The van der Waals surface area contributed by atoms with Crippen LogP contribution in [0.4, 0.5) is 8.78 Å². The third-order valence-electron chi connectivity index (χ3n) is 2.40. The van der Waals surface area contributed by atoms with Crippen LogP contribution >= 0.6 is 0 Å². The molecule has 0 aromatic heterocycles. The van der Waals surface area contributed by atoms with Gasteiger partial charge in [-0.05, 0) is 23.8 Å². The zero-order valence-electron chi connectivity index (χ0n) is 10.6. The summed E-state index contributed by atoms with van der Waals surface area (Å²) >= 11 is 0. The molecule has 0 spiro atoms. The molecule has 1 amide bonds. The van der Waals surface area contributed by atoms with Crippen LogP contribution in [0.2, 0.25) is 0 Å². The molecular weight excluding hydrogens is 272 g/mol. The Bertz CT molecular complexity index is 534. The summed E-state index contributed by atoms with van der Waals surface area (Å²) in [5, 5.41) is 8.42. The van der Waals surface area contributed by atoms with E-state index in [0.717, 1.165) is 24.3 Å². The van der Waals surface area contributed by atoms with Gasteiger partial charge in [0.15, 0.2) is 17.4 Å². The summed E-state index contributed by atoms with van der Waals surface area (Å²) in [7, 11) is 0. The highest BCUT2D eigenvalue weighted by Crippen LogP contribution is 2.24. The van der Waals surface area contributed by atoms with Gasteiger partial charge in [-0.25, -0.2) is 13.6 Å². The van der Waals surface area contributed by atoms with Crippen molar-refractivity contribution >= 4 is 18.0 Å². The summed E-state index contributed by atoms with van der Waals surface area (Å²) in [5.41, 5.74) is 5.04. The molecule has 0 saturated carbocycles. The van der Waals surface area contributed by atoms with Gasteiger partial charge >= 0.3 is 5.97 Å². The van der Waals surface area contributed by atoms with E-state index in [9.17, 15) is 18.4 Å². The van der Waals surface area contributed by atoms with Crippen LogP contribution in [0, 0.1) is 17.6 Å². The molecule has 7 heteroatoms. The number of amides is 1. The van der Waals surface area contributed by atoms with E-state index in [1.807, 2.05) is 0 Å². The predicted octanol–water partition coefficient (Wildman–Crippen LogP) is 1.56. The molecule has 0 heterocycles. The number of hydrogen-bond acceptors (Lipinski definition) is 3. The molecule has 0 saturated heterocycles. The summed E-state index contributed by atoms with van der Waals surface area (Å²) in [5.74, 6) is -5.20. The quantitative estimate of drug-likeness (QED) is 0.776. The number of benzene rings is 1. The van der Waals surface area contributed by atoms with Gasteiger partial charge in [0.05, 0.1) is 12.5 Å². The van der Waals surface area contributed by atoms with Crippen LogP contribution in [0.1, 0.15) is 12.5 Å². The van der Waals surface area contributed by atoms with Crippen molar-refractivity contribution in [1.29, 1.82) is 0 Å². The third-order valence-corrected chi connectivity index (χ3v) is 2.40. The standard InChI is InChI=1S/C13H13F2NO4/c1-7(13(16)19)6-20-12-9(14)4-8(5-10(12)15)2-3-11(17)18/h2-5,7H,6H2,1H3,(H2,16,19)(H,17,18). The van der Waals surface area contributed by atoms with E-state index in [0.29, 0.717) is 0 Å². The fourth-order valence-electron chi connectivity index (χ4n) is 1.27. The van der Waals surface area contributed by atoms with Crippen LogP contribution in [-0.4, -0.2) is 23.6 Å². The monoisotopic (exact) mass is 285 g/mol. The van der Waals surface area contributed by atoms with E-state index in [2.05, 4.69) is 0 Å². The highest BCUT2D eigenvalue weighted by molar-refractivity contribution is 5.85. The Morgan fingerprint density at radius 2 is 1.95 bits per heavy atom. The average Bonchev–Trinajstić information content (AvgIpc) is 2.34. The van der Waals surface area contributed by atoms with Crippen LogP contribution in [0.25, 0.3) is 6.08 Å². The number of carbonyl (C=O) groups excluding carboxylic acids is 1. The van der Waals surface area contributed by atoms with Gasteiger partial charge < -0.3 is 15.6 Å². The molecule has 3 N–H and O–H groups in total. The molecular formula is C13H13F2NO4. The van der Waals surface area contributed by atoms with E-state index < -0.39 is 35.2 Å². The molecule has 0 aliphatic heterocycles. The summed E-state index contributed by atoms with van der Waals surface area (Å²) in [6.45, 7) is 1.20. The molecule has 1 atom stereocenters. The molecule has 1 rings (SSSR count). The predicted molar refractivity (Wildman–Crippen MR) is 66.9 cm³/mol. The number of nitrogens with two attached hydrogens (primary N) is 1. The van der Waals surface area contributed by atoms with E-state index in [1.54, 1.807) is 0 Å². The molecule has 0 aliphatic carbocycles. The lowest BCUT2D eigenvalue weighted by Gasteiger charge is -2.11. The molecule has 0 radical (unpaired) electrons. The second-order valence-corrected chi connectivity index (χ2v) is 4.10. The Kier molecular flexibility index (Phi) is 5.19. The first-order valence-corrected chi connectivity index (χ1v) is 5.63.